The first-order valence-electron chi connectivity index (χ1n) is 6.97. The zero-order valence-electron chi connectivity index (χ0n) is 12.5. The van der Waals surface area contributed by atoms with Gasteiger partial charge in [-0.05, 0) is 19.1 Å². The van der Waals surface area contributed by atoms with Crippen molar-refractivity contribution in [3.8, 4) is 11.3 Å². The van der Waals surface area contributed by atoms with E-state index in [4.69, 9.17) is 27.9 Å². The average molecular weight is 350 g/mol. The van der Waals surface area contributed by atoms with Gasteiger partial charge in [0.25, 0.3) is 0 Å². The van der Waals surface area contributed by atoms with Crippen molar-refractivity contribution in [3.05, 3.63) is 46.1 Å². The van der Waals surface area contributed by atoms with Crippen molar-refractivity contribution in [3.63, 3.8) is 0 Å². The maximum Gasteiger partial charge on any atom is 0.341 e. The molecule has 1 aromatic carbocycles. The number of hydrogen-bond donors (Lipinski definition) is 0. The number of carbonyl (C=O) groups excluding carboxylic acids is 1. The average Bonchev–Trinajstić information content (AvgIpc) is 2.86. The van der Waals surface area contributed by atoms with Crippen LogP contribution in [0.25, 0.3) is 22.3 Å². The van der Waals surface area contributed by atoms with Crippen LogP contribution >= 0.6 is 23.2 Å². The van der Waals surface area contributed by atoms with Crippen molar-refractivity contribution in [2.24, 2.45) is 7.05 Å². The number of pyridine rings is 1. The summed E-state index contributed by atoms with van der Waals surface area (Å²) in [6.45, 7) is 2.01. The largest absolute Gasteiger partial charge is 0.462 e. The van der Waals surface area contributed by atoms with Crippen LogP contribution in [0.5, 0.6) is 0 Å². The van der Waals surface area contributed by atoms with Crippen LogP contribution in [-0.4, -0.2) is 27.3 Å². The van der Waals surface area contributed by atoms with E-state index in [0.29, 0.717) is 21.7 Å². The molecule has 0 atom stereocenters. The first-order valence-corrected chi connectivity index (χ1v) is 7.72. The smallest absolute Gasteiger partial charge is 0.341 e. The Balaban J connectivity index is 2.25. The Labute approximate surface area is 142 Å². The van der Waals surface area contributed by atoms with Gasteiger partial charge in [-0.1, -0.05) is 35.3 Å². The Bertz CT molecular complexity index is 888. The highest BCUT2D eigenvalue weighted by atomic mass is 35.5. The van der Waals surface area contributed by atoms with Gasteiger partial charge in [0.05, 0.1) is 22.6 Å². The molecule has 0 aliphatic rings. The standard InChI is InChI=1S/C16H13Cl2N3O2/c1-3-23-16(22)11-8-19-15-12(13(11)18)14(20-21(15)2)9-4-6-10(17)7-5-9/h4-8H,3H2,1-2H3. The van der Waals surface area contributed by atoms with Crippen LogP contribution in [0.4, 0.5) is 0 Å². The second-order valence-electron chi connectivity index (χ2n) is 4.88. The summed E-state index contributed by atoms with van der Waals surface area (Å²) in [5, 5.41) is 6.00. The van der Waals surface area contributed by atoms with Gasteiger partial charge in [-0.15, -0.1) is 0 Å². The molecule has 0 unspecified atom stereocenters. The summed E-state index contributed by atoms with van der Waals surface area (Å²) in [6.07, 6.45) is 1.41. The lowest BCUT2D eigenvalue weighted by atomic mass is 10.1. The van der Waals surface area contributed by atoms with E-state index in [9.17, 15) is 4.79 Å². The number of nitrogens with zero attached hydrogens (tertiary/aromatic N) is 3. The molecule has 0 spiro atoms. The maximum atomic E-state index is 12.0. The molecular formula is C16H13Cl2N3O2. The van der Waals surface area contributed by atoms with Gasteiger partial charge in [-0.2, -0.15) is 5.10 Å². The van der Waals surface area contributed by atoms with Gasteiger partial charge >= 0.3 is 5.97 Å². The minimum atomic E-state index is -0.502. The number of ether oxygens (including phenoxy) is 1. The van der Waals surface area contributed by atoms with E-state index in [1.54, 1.807) is 30.8 Å². The van der Waals surface area contributed by atoms with Gasteiger partial charge in [0, 0.05) is 23.8 Å². The van der Waals surface area contributed by atoms with Crippen LogP contribution in [0.15, 0.2) is 30.5 Å². The van der Waals surface area contributed by atoms with Crippen molar-refractivity contribution >= 4 is 40.2 Å². The lowest BCUT2D eigenvalue weighted by Gasteiger charge is -2.05. The monoisotopic (exact) mass is 349 g/mol. The van der Waals surface area contributed by atoms with Crippen LogP contribution in [0.3, 0.4) is 0 Å². The number of halogens is 2. The molecule has 0 fully saturated rings. The molecule has 5 nitrogen and oxygen atoms in total. The number of carbonyl (C=O) groups is 1. The van der Waals surface area contributed by atoms with Gasteiger partial charge in [-0.3, -0.25) is 0 Å². The van der Waals surface area contributed by atoms with Crippen molar-refractivity contribution in [2.75, 3.05) is 6.61 Å². The molecule has 0 N–H and O–H groups in total. The lowest BCUT2D eigenvalue weighted by molar-refractivity contribution is 0.0526. The maximum absolute atomic E-state index is 12.0. The summed E-state index contributed by atoms with van der Waals surface area (Å²) < 4.78 is 6.64. The molecule has 0 saturated carbocycles. The zero-order chi connectivity index (χ0) is 16.6. The molecule has 2 heterocycles. The van der Waals surface area contributed by atoms with Crippen LogP contribution in [0.2, 0.25) is 10.0 Å². The fourth-order valence-electron chi connectivity index (χ4n) is 2.34. The van der Waals surface area contributed by atoms with E-state index < -0.39 is 5.97 Å². The second kappa shape index (κ2) is 6.18. The Morgan fingerprint density at radius 2 is 1.96 bits per heavy atom. The van der Waals surface area contributed by atoms with Gasteiger partial charge in [-0.25, -0.2) is 14.5 Å². The van der Waals surface area contributed by atoms with Crippen LogP contribution in [-0.2, 0) is 11.8 Å². The minimum absolute atomic E-state index is 0.226. The van der Waals surface area contributed by atoms with E-state index in [0.717, 1.165) is 5.56 Å². The molecule has 118 valence electrons. The molecular weight excluding hydrogens is 337 g/mol. The predicted molar refractivity (Wildman–Crippen MR) is 89.9 cm³/mol. The molecule has 0 bridgehead atoms. The van der Waals surface area contributed by atoms with Crippen LogP contribution in [0, 0.1) is 0 Å². The van der Waals surface area contributed by atoms with E-state index in [-0.39, 0.29) is 17.2 Å². The van der Waals surface area contributed by atoms with Gasteiger partial charge in [0.2, 0.25) is 0 Å². The van der Waals surface area contributed by atoms with E-state index >= 15 is 0 Å². The number of rotatable bonds is 3. The number of aryl methyl sites for hydroxylation is 1. The number of hydrogen-bond acceptors (Lipinski definition) is 4. The number of fused-ring (bicyclic) bond motifs is 1. The topological polar surface area (TPSA) is 57.0 Å². The summed E-state index contributed by atoms with van der Waals surface area (Å²) in [7, 11) is 1.77. The molecule has 0 radical (unpaired) electrons. The Kier molecular flexibility index (Phi) is 4.24. The van der Waals surface area contributed by atoms with E-state index in [1.165, 1.54) is 6.20 Å². The van der Waals surface area contributed by atoms with Crippen molar-refractivity contribution in [1.82, 2.24) is 14.8 Å². The van der Waals surface area contributed by atoms with Crippen LogP contribution in [0.1, 0.15) is 17.3 Å². The predicted octanol–water partition coefficient (Wildman–Crippen LogP) is 4.12. The number of esters is 1. The molecule has 0 amide bonds. The first kappa shape index (κ1) is 15.8. The molecule has 3 rings (SSSR count). The van der Waals surface area contributed by atoms with Crippen molar-refractivity contribution in [1.29, 1.82) is 0 Å². The third kappa shape index (κ3) is 2.78. The Morgan fingerprint density at radius 3 is 2.61 bits per heavy atom. The fraction of sp³-hybridized carbons (Fsp3) is 0.188. The third-order valence-electron chi connectivity index (χ3n) is 3.40. The quantitative estimate of drug-likeness (QED) is 0.667. The van der Waals surface area contributed by atoms with E-state index in [1.807, 2.05) is 12.1 Å². The molecule has 0 aliphatic heterocycles. The molecule has 7 heteroatoms. The van der Waals surface area contributed by atoms with Gasteiger partial charge < -0.3 is 4.74 Å². The van der Waals surface area contributed by atoms with Crippen LogP contribution < -0.4 is 0 Å². The first-order chi connectivity index (χ1) is 11.0. The number of benzene rings is 1. The third-order valence-corrected chi connectivity index (χ3v) is 4.05. The molecule has 0 aliphatic carbocycles. The highest BCUT2D eigenvalue weighted by molar-refractivity contribution is 6.39. The summed E-state index contributed by atoms with van der Waals surface area (Å²) in [5.74, 6) is -0.502. The molecule has 2 aromatic heterocycles. The highest BCUT2D eigenvalue weighted by Crippen LogP contribution is 2.34. The number of aromatic nitrogens is 3. The summed E-state index contributed by atoms with van der Waals surface area (Å²) in [6, 6.07) is 7.23. The fourth-order valence-corrected chi connectivity index (χ4v) is 2.77. The van der Waals surface area contributed by atoms with Gasteiger partial charge in [0.15, 0.2) is 5.65 Å². The summed E-state index contributed by atoms with van der Waals surface area (Å²) in [4.78, 5) is 16.3. The summed E-state index contributed by atoms with van der Waals surface area (Å²) >= 11 is 12.4. The molecule has 23 heavy (non-hydrogen) atoms. The summed E-state index contributed by atoms with van der Waals surface area (Å²) in [5.41, 5.74) is 2.30. The Hall–Kier alpha value is -2.11. The molecule has 0 saturated heterocycles. The second-order valence-corrected chi connectivity index (χ2v) is 5.70. The zero-order valence-corrected chi connectivity index (χ0v) is 14.0. The van der Waals surface area contributed by atoms with Crippen molar-refractivity contribution in [2.45, 2.75) is 6.92 Å². The van der Waals surface area contributed by atoms with Crippen molar-refractivity contribution < 1.29 is 9.53 Å². The highest BCUT2D eigenvalue weighted by Gasteiger charge is 2.21. The minimum Gasteiger partial charge on any atom is -0.462 e. The van der Waals surface area contributed by atoms with E-state index in [2.05, 4.69) is 10.1 Å². The van der Waals surface area contributed by atoms with Gasteiger partial charge in [0.1, 0.15) is 5.69 Å². The Morgan fingerprint density at radius 1 is 1.26 bits per heavy atom. The lowest BCUT2D eigenvalue weighted by Crippen LogP contribution is -2.06. The normalized spacial score (nSPS) is 11.0. The molecule has 3 aromatic rings. The SMILES string of the molecule is CCOC(=O)c1cnc2c(c(-c3ccc(Cl)cc3)nn2C)c1Cl.